The first-order valence-electron chi connectivity index (χ1n) is 4.82. The van der Waals surface area contributed by atoms with E-state index in [0.29, 0.717) is 5.69 Å². The molecular weight excluding hydrogens is 246 g/mol. The molecule has 1 amide bonds. The predicted molar refractivity (Wildman–Crippen MR) is 63.4 cm³/mol. The monoisotopic (exact) mass is 257 g/mol. The number of alkyl halides is 1. The summed E-state index contributed by atoms with van der Waals surface area (Å²) in [5, 5.41) is 11.2. The fourth-order valence-corrected chi connectivity index (χ4v) is 1.18. The van der Waals surface area contributed by atoms with Crippen molar-refractivity contribution in [3.8, 4) is 5.75 Å². The second kappa shape index (κ2) is 5.54. The van der Waals surface area contributed by atoms with E-state index >= 15 is 0 Å². The van der Waals surface area contributed by atoms with E-state index in [1.165, 1.54) is 32.2 Å². The number of aromatic hydroxyl groups is 1. The van der Waals surface area contributed by atoms with Crippen LogP contribution in [0.2, 0.25) is 0 Å². The second-order valence-electron chi connectivity index (χ2n) is 3.33. The highest BCUT2D eigenvalue weighted by atomic mass is 35.5. The van der Waals surface area contributed by atoms with Gasteiger partial charge in [0.05, 0.1) is 7.11 Å². The topological polar surface area (TPSA) is 75.6 Å². The summed E-state index contributed by atoms with van der Waals surface area (Å²) in [5.74, 6) is -1.29. The van der Waals surface area contributed by atoms with Crippen LogP contribution in [0.15, 0.2) is 18.2 Å². The van der Waals surface area contributed by atoms with Gasteiger partial charge < -0.3 is 15.2 Å². The number of esters is 1. The van der Waals surface area contributed by atoms with Crippen molar-refractivity contribution in [1.82, 2.24) is 0 Å². The molecule has 1 unspecified atom stereocenters. The number of phenolic OH excluding ortho intramolecular Hbond substituents is 1. The van der Waals surface area contributed by atoms with E-state index in [1.807, 2.05) is 0 Å². The average molecular weight is 258 g/mol. The molecule has 1 atom stereocenters. The van der Waals surface area contributed by atoms with Crippen LogP contribution in [0.5, 0.6) is 5.75 Å². The number of methoxy groups -OCH3 is 1. The Morgan fingerprint density at radius 3 is 2.65 bits per heavy atom. The van der Waals surface area contributed by atoms with E-state index < -0.39 is 17.3 Å². The Hall–Kier alpha value is -1.75. The van der Waals surface area contributed by atoms with Crippen LogP contribution >= 0.6 is 11.6 Å². The first-order valence-corrected chi connectivity index (χ1v) is 5.25. The minimum Gasteiger partial charge on any atom is -0.507 e. The van der Waals surface area contributed by atoms with Gasteiger partial charge in [0.25, 0.3) is 0 Å². The van der Waals surface area contributed by atoms with Crippen molar-refractivity contribution < 1.29 is 19.4 Å². The Kier molecular flexibility index (Phi) is 4.34. The number of benzene rings is 1. The Bertz CT molecular complexity index is 445. The van der Waals surface area contributed by atoms with E-state index in [9.17, 15) is 14.7 Å². The van der Waals surface area contributed by atoms with E-state index in [0.717, 1.165) is 0 Å². The maximum Gasteiger partial charge on any atom is 0.341 e. The van der Waals surface area contributed by atoms with Crippen molar-refractivity contribution in [2.75, 3.05) is 12.4 Å². The minimum absolute atomic E-state index is 0.0208. The third-order valence-electron chi connectivity index (χ3n) is 2.03. The lowest BCUT2D eigenvalue weighted by Gasteiger charge is -2.08. The lowest BCUT2D eigenvalue weighted by atomic mass is 10.1. The minimum atomic E-state index is -0.689. The number of rotatable bonds is 3. The van der Waals surface area contributed by atoms with Crippen LogP contribution in [0.25, 0.3) is 0 Å². The number of anilines is 1. The summed E-state index contributed by atoms with van der Waals surface area (Å²) in [6.07, 6.45) is 0. The molecule has 0 saturated heterocycles. The molecule has 0 heterocycles. The van der Waals surface area contributed by atoms with Gasteiger partial charge in [-0.25, -0.2) is 4.79 Å². The quantitative estimate of drug-likeness (QED) is 0.491. The molecule has 0 fully saturated rings. The van der Waals surface area contributed by atoms with Gasteiger partial charge in [0.15, 0.2) is 0 Å². The number of hydrogen-bond donors (Lipinski definition) is 2. The molecule has 92 valence electrons. The van der Waals surface area contributed by atoms with Crippen molar-refractivity contribution in [3.63, 3.8) is 0 Å². The molecule has 0 aliphatic carbocycles. The molecule has 0 spiro atoms. The molecule has 5 nitrogen and oxygen atoms in total. The molecular formula is C11H12ClNO4. The maximum atomic E-state index is 11.3. The molecule has 6 heteroatoms. The third-order valence-corrected chi connectivity index (χ3v) is 2.23. The van der Waals surface area contributed by atoms with Crippen LogP contribution in [0.1, 0.15) is 17.3 Å². The van der Waals surface area contributed by atoms with Gasteiger partial charge in [0, 0.05) is 5.69 Å². The molecule has 1 rings (SSSR count). The van der Waals surface area contributed by atoms with Crippen LogP contribution in [-0.4, -0.2) is 29.5 Å². The largest absolute Gasteiger partial charge is 0.507 e. The Morgan fingerprint density at radius 1 is 1.47 bits per heavy atom. The first kappa shape index (κ1) is 13.3. The molecule has 1 aromatic carbocycles. The van der Waals surface area contributed by atoms with E-state index in [2.05, 4.69) is 10.1 Å². The standard InChI is InChI=1S/C11H12ClNO4/c1-6(12)10(15)13-7-3-4-9(14)8(5-7)11(16)17-2/h3-6,14H,1-2H3,(H,13,15). The lowest BCUT2D eigenvalue weighted by Crippen LogP contribution is -2.20. The van der Waals surface area contributed by atoms with Crippen molar-refractivity contribution in [2.45, 2.75) is 12.3 Å². The summed E-state index contributed by atoms with van der Waals surface area (Å²) < 4.78 is 4.49. The van der Waals surface area contributed by atoms with Crippen molar-refractivity contribution in [3.05, 3.63) is 23.8 Å². The van der Waals surface area contributed by atoms with Gasteiger partial charge in [-0.1, -0.05) is 0 Å². The third kappa shape index (κ3) is 3.35. The van der Waals surface area contributed by atoms with Crippen LogP contribution in [-0.2, 0) is 9.53 Å². The summed E-state index contributed by atoms with van der Waals surface area (Å²) in [5.41, 5.74) is 0.341. The molecule has 0 aliphatic rings. The number of halogens is 1. The van der Waals surface area contributed by atoms with Crippen molar-refractivity contribution in [1.29, 1.82) is 0 Å². The number of nitrogens with one attached hydrogen (secondary N) is 1. The molecule has 17 heavy (non-hydrogen) atoms. The zero-order valence-electron chi connectivity index (χ0n) is 9.36. The summed E-state index contributed by atoms with van der Waals surface area (Å²) >= 11 is 5.59. The van der Waals surface area contributed by atoms with Gasteiger partial charge in [-0.2, -0.15) is 0 Å². The molecule has 0 radical (unpaired) electrons. The summed E-state index contributed by atoms with van der Waals surface area (Å²) in [6, 6.07) is 4.07. The van der Waals surface area contributed by atoms with Crippen LogP contribution in [0, 0.1) is 0 Å². The zero-order chi connectivity index (χ0) is 13.0. The highest BCUT2D eigenvalue weighted by molar-refractivity contribution is 6.32. The Balaban J connectivity index is 2.97. The number of amides is 1. The highest BCUT2D eigenvalue weighted by Gasteiger charge is 2.14. The summed E-state index contributed by atoms with van der Waals surface area (Å²) in [6.45, 7) is 1.53. The van der Waals surface area contributed by atoms with E-state index in [-0.39, 0.29) is 11.3 Å². The van der Waals surface area contributed by atoms with Gasteiger partial charge in [-0.3, -0.25) is 4.79 Å². The van der Waals surface area contributed by atoms with Crippen LogP contribution in [0.4, 0.5) is 5.69 Å². The molecule has 0 saturated carbocycles. The first-order chi connectivity index (χ1) is 7.95. The van der Waals surface area contributed by atoms with E-state index in [1.54, 1.807) is 0 Å². The van der Waals surface area contributed by atoms with Crippen molar-refractivity contribution >= 4 is 29.2 Å². The maximum absolute atomic E-state index is 11.3. The summed E-state index contributed by atoms with van der Waals surface area (Å²) in [4.78, 5) is 22.6. The number of carbonyl (C=O) groups excluding carboxylic acids is 2. The fourth-order valence-electron chi connectivity index (χ4n) is 1.13. The lowest BCUT2D eigenvalue weighted by molar-refractivity contribution is -0.115. The second-order valence-corrected chi connectivity index (χ2v) is 3.98. The number of phenols is 1. The highest BCUT2D eigenvalue weighted by Crippen LogP contribution is 2.22. The van der Waals surface area contributed by atoms with Crippen LogP contribution in [0.3, 0.4) is 0 Å². The molecule has 0 aromatic heterocycles. The van der Waals surface area contributed by atoms with E-state index in [4.69, 9.17) is 11.6 Å². The predicted octanol–water partition coefficient (Wildman–Crippen LogP) is 1.74. The molecule has 1 aromatic rings. The fraction of sp³-hybridized carbons (Fsp3) is 0.273. The Labute approximate surface area is 103 Å². The molecule has 2 N–H and O–H groups in total. The number of ether oxygens (including phenoxy) is 1. The average Bonchev–Trinajstić information content (AvgIpc) is 2.30. The van der Waals surface area contributed by atoms with Gasteiger partial charge >= 0.3 is 5.97 Å². The van der Waals surface area contributed by atoms with Gasteiger partial charge in [-0.05, 0) is 25.1 Å². The molecule has 0 aliphatic heterocycles. The van der Waals surface area contributed by atoms with Gasteiger partial charge in [-0.15, -0.1) is 11.6 Å². The number of carbonyl (C=O) groups is 2. The zero-order valence-corrected chi connectivity index (χ0v) is 10.1. The normalized spacial score (nSPS) is 11.7. The molecule has 0 bridgehead atoms. The van der Waals surface area contributed by atoms with Gasteiger partial charge in [0.2, 0.25) is 5.91 Å². The van der Waals surface area contributed by atoms with Crippen molar-refractivity contribution in [2.24, 2.45) is 0 Å². The van der Waals surface area contributed by atoms with Gasteiger partial charge in [0.1, 0.15) is 16.7 Å². The smallest absolute Gasteiger partial charge is 0.341 e. The Morgan fingerprint density at radius 2 is 2.12 bits per heavy atom. The summed E-state index contributed by atoms with van der Waals surface area (Å²) in [7, 11) is 1.20. The number of hydrogen-bond acceptors (Lipinski definition) is 4. The van der Waals surface area contributed by atoms with Crippen LogP contribution < -0.4 is 5.32 Å². The SMILES string of the molecule is COC(=O)c1cc(NC(=O)C(C)Cl)ccc1O.